The SMILES string of the molecule is Cc1cc(F)ccc1-n1nc(C(F)(F)F)cc1-c1cc(Br)c2c(c1)NC(=O)CO2. The van der Waals surface area contributed by atoms with Crippen LogP contribution in [-0.2, 0) is 11.0 Å². The first-order chi connectivity index (χ1) is 13.6. The van der Waals surface area contributed by atoms with Gasteiger partial charge in [0.05, 0.1) is 21.5 Å². The molecule has 29 heavy (non-hydrogen) atoms. The maximum absolute atomic E-state index is 13.5. The number of ether oxygens (including phenoxy) is 1. The Hall–Kier alpha value is -2.88. The van der Waals surface area contributed by atoms with Crippen LogP contribution >= 0.6 is 15.9 Å². The molecule has 150 valence electrons. The van der Waals surface area contributed by atoms with E-state index in [1.54, 1.807) is 13.0 Å². The van der Waals surface area contributed by atoms with E-state index in [1.807, 2.05) is 0 Å². The van der Waals surface area contributed by atoms with Gasteiger partial charge in [0, 0.05) is 5.56 Å². The number of carbonyl (C=O) groups excluding carboxylic acids is 1. The summed E-state index contributed by atoms with van der Waals surface area (Å²) in [6.45, 7) is 1.42. The number of halogens is 5. The molecule has 1 aliphatic rings. The normalized spacial score (nSPS) is 13.7. The summed E-state index contributed by atoms with van der Waals surface area (Å²) in [5.74, 6) is -0.499. The number of hydrogen-bond acceptors (Lipinski definition) is 3. The number of aryl methyl sites for hydroxylation is 1. The van der Waals surface area contributed by atoms with Crippen LogP contribution in [0.5, 0.6) is 5.75 Å². The number of benzene rings is 2. The molecule has 2 aromatic carbocycles. The fraction of sp³-hybridized carbons (Fsp3) is 0.158. The minimum atomic E-state index is -4.67. The number of nitrogens with one attached hydrogen (secondary N) is 1. The van der Waals surface area contributed by atoms with E-state index >= 15 is 0 Å². The van der Waals surface area contributed by atoms with Crippen molar-refractivity contribution in [2.24, 2.45) is 0 Å². The highest BCUT2D eigenvalue weighted by Crippen LogP contribution is 2.41. The summed E-state index contributed by atoms with van der Waals surface area (Å²) in [4.78, 5) is 11.6. The summed E-state index contributed by atoms with van der Waals surface area (Å²) in [6.07, 6.45) is -4.67. The fourth-order valence-corrected chi connectivity index (χ4v) is 3.64. The molecule has 0 bridgehead atoms. The summed E-state index contributed by atoms with van der Waals surface area (Å²) < 4.78 is 60.5. The molecule has 0 spiro atoms. The Balaban J connectivity index is 1.94. The number of alkyl halides is 3. The van der Waals surface area contributed by atoms with Gasteiger partial charge in [0.1, 0.15) is 5.82 Å². The van der Waals surface area contributed by atoms with E-state index in [2.05, 4.69) is 26.3 Å². The Morgan fingerprint density at radius 3 is 2.66 bits per heavy atom. The average Bonchev–Trinajstić information content (AvgIpc) is 3.06. The van der Waals surface area contributed by atoms with Gasteiger partial charge in [0.25, 0.3) is 5.91 Å². The van der Waals surface area contributed by atoms with E-state index in [-0.39, 0.29) is 18.2 Å². The van der Waals surface area contributed by atoms with Crippen molar-refractivity contribution in [1.29, 1.82) is 0 Å². The highest BCUT2D eigenvalue weighted by atomic mass is 79.9. The van der Waals surface area contributed by atoms with Crippen LogP contribution in [0.15, 0.2) is 40.9 Å². The maximum Gasteiger partial charge on any atom is 0.435 e. The molecule has 1 aliphatic heterocycles. The van der Waals surface area contributed by atoms with Crippen molar-refractivity contribution in [2.45, 2.75) is 13.1 Å². The first kappa shape index (κ1) is 19.4. The highest BCUT2D eigenvalue weighted by Gasteiger charge is 2.35. The molecule has 5 nitrogen and oxygen atoms in total. The van der Waals surface area contributed by atoms with Crippen LogP contribution in [-0.4, -0.2) is 22.3 Å². The van der Waals surface area contributed by atoms with Crippen LogP contribution in [0.25, 0.3) is 16.9 Å². The van der Waals surface area contributed by atoms with Gasteiger partial charge in [-0.05, 0) is 64.8 Å². The summed E-state index contributed by atoms with van der Waals surface area (Å²) in [5, 5.41) is 6.34. The number of carbonyl (C=O) groups is 1. The number of nitrogens with zero attached hydrogens (tertiary/aromatic N) is 2. The molecule has 0 saturated heterocycles. The summed E-state index contributed by atoms with van der Waals surface area (Å²) in [5.41, 5.74) is 0.416. The fourth-order valence-electron chi connectivity index (χ4n) is 3.07. The van der Waals surface area contributed by atoms with Crippen LogP contribution in [0.3, 0.4) is 0 Å². The van der Waals surface area contributed by atoms with E-state index in [0.717, 1.165) is 16.8 Å². The van der Waals surface area contributed by atoms with Crippen molar-refractivity contribution < 1.29 is 27.1 Å². The Labute approximate surface area is 170 Å². The monoisotopic (exact) mass is 469 g/mol. The van der Waals surface area contributed by atoms with E-state index in [0.29, 0.717) is 32.7 Å². The van der Waals surface area contributed by atoms with Gasteiger partial charge >= 0.3 is 6.18 Å². The number of fused-ring (bicyclic) bond motifs is 1. The highest BCUT2D eigenvalue weighted by molar-refractivity contribution is 9.10. The molecule has 4 rings (SSSR count). The van der Waals surface area contributed by atoms with Gasteiger partial charge in [-0.3, -0.25) is 4.79 Å². The smallest absolute Gasteiger partial charge is 0.435 e. The lowest BCUT2D eigenvalue weighted by Crippen LogP contribution is -2.25. The Morgan fingerprint density at radius 1 is 1.21 bits per heavy atom. The Morgan fingerprint density at radius 2 is 1.97 bits per heavy atom. The molecule has 0 atom stereocenters. The van der Waals surface area contributed by atoms with Crippen molar-refractivity contribution in [2.75, 3.05) is 11.9 Å². The molecule has 0 saturated carbocycles. The molecule has 10 heteroatoms. The van der Waals surface area contributed by atoms with E-state index in [1.165, 1.54) is 18.2 Å². The third-order valence-electron chi connectivity index (χ3n) is 4.35. The lowest BCUT2D eigenvalue weighted by atomic mass is 10.1. The van der Waals surface area contributed by atoms with E-state index < -0.39 is 17.7 Å². The van der Waals surface area contributed by atoms with Crippen LogP contribution in [0.1, 0.15) is 11.3 Å². The van der Waals surface area contributed by atoms with Gasteiger partial charge in [-0.15, -0.1) is 0 Å². The van der Waals surface area contributed by atoms with E-state index in [4.69, 9.17) is 4.74 Å². The van der Waals surface area contributed by atoms with Crippen LogP contribution in [0.4, 0.5) is 23.2 Å². The second-order valence-corrected chi connectivity index (χ2v) is 7.28. The maximum atomic E-state index is 13.5. The van der Waals surface area contributed by atoms with Gasteiger partial charge in [-0.1, -0.05) is 0 Å². The number of rotatable bonds is 2. The van der Waals surface area contributed by atoms with Gasteiger partial charge in [0.15, 0.2) is 18.1 Å². The standard InChI is InChI=1S/C19H12BrF4N3O2/c1-9-4-11(21)2-3-14(9)27-15(7-16(26-27)19(22,23)24)10-5-12(20)18-13(6-10)25-17(28)8-29-18/h2-7H,8H2,1H3,(H,25,28). The third kappa shape index (κ3) is 3.59. The second-order valence-electron chi connectivity index (χ2n) is 6.43. The number of amides is 1. The lowest BCUT2D eigenvalue weighted by molar-refractivity contribution is -0.141. The minimum Gasteiger partial charge on any atom is -0.480 e. The minimum absolute atomic E-state index is 0.121. The molecule has 0 fully saturated rings. The van der Waals surface area contributed by atoms with E-state index in [9.17, 15) is 22.4 Å². The molecule has 1 N–H and O–H groups in total. The molecule has 0 unspecified atom stereocenters. The van der Waals surface area contributed by atoms with Gasteiger partial charge < -0.3 is 10.1 Å². The topological polar surface area (TPSA) is 56.2 Å². The van der Waals surface area contributed by atoms with Gasteiger partial charge in [-0.25, -0.2) is 9.07 Å². The lowest BCUT2D eigenvalue weighted by Gasteiger charge is -2.20. The molecular formula is C19H12BrF4N3O2. The first-order valence-corrected chi connectivity index (χ1v) is 9.13. The number of hydrogen-bond donors (Lipinski definition) is 1. The Kier molecular flexibility index (Phi) is 4.60. The van der Waals surface area contributed by atoms with Gasteiger partial charge in [0.2, 0.25) is 0 Å². The third-order valence-corrected chi connectivity index (χ3v) is 4.94. The predicted molar refractivity (Wildman–Crippen MR) is 101 cm³/mol. The molecule has 2 heterocycles. The first-order valence-electron chi connectivity index (χ1n) is 8.34. The molecule has 3 aromatic rings. The van der Waals surface area contributed by atoms with Crippen LogP contribution < -0.4 is 10.1 Å². The molecule has 1 aromatic heterocycles. The van der Waals surface area contributed by atoms with Crippen molar-refractivity contribution >= 4 is 27.5 Å². The zero-order valence-corrected chi connectivity index (χ0v) is 16.4. The Bertz CT molecular complexity index is 1140. The summed E-state index contributed by atoms with van der Waals surface area (Å²) in [6, 6.07) is 7.71. The zero-order chi connectivity index (χ0) is 20.9. The van der Waals surface area contributed by atoms with Crippen molar-refractivity contribution in [3.8, 4) is 22.7 Å². The molecular weight excluding hydrogens is 458 g/mol. The van der Waals surface area contributed by atoms with Crippen LogP contribution in [0.2, 0.25) is 0 Å². The predicted octanol–water partition coefficient (Wildman–Crippen LogP) is 5.10. The largest absolute Gasteiger partial charge is 0.480 e. The summed E-state index contributed by atoms with van der Waals surface area (Å²) in [7, 11) is 0. The number of anilines is 1. The van der Waals surface area contributed by atoms with Gasteiger partial charge in [-0.2, -0.15) is 18.3 Å². The second kappa shape index (κ2) is 6.87. The zero-order valence-electron chi connectivity index (χ0n) is 14.8. The van der Waals surface area contributed by atoms with Crippen molar-refractivity contribution in [3.63, 3.8) is 0 Å². The average molecular weight is 470 g/mol. The van der Waals surface area contributed by atoms with Crippen molar-refractivity contribution in [1.82, 2.24) is 9.78 Å². The van der Waals surface area contributed by atoms with Crippen molar-refractivity contribution in [3.05, 3.63) is 57.9 Å². The molecule has 0 radical (unpaired) electrons. The quantitative estimate of drug-likeness (QED) is 0.531. The number of aromatic nitrogens is 2. The van der Waals surface area contributed by atoms with Crippen LogP contribution in [0, 0.1) is 12.7 Å². The molecule has 0 aliphatic carbocycles. The summed E-state index contributed by atoms with van der Waals surface area (Å²) >= 11 is 3.32. The molecule has 1 amide bonds.